The molecular formula is C16H22BrNO3S. The van der Waals surface area contributed by atoms with Gasteiger partial charge in [0.05, 0.1) is 11.0 Å². The summed E-state index contributed by atoms with van der Waals surface area (Å²) in [5, 5.41) is -0.373. The van der Waals surface area contributed by atoms with Crippen LogP contribution in [0.4, 0.5) is 0 Å². The van der Waals surface area contributed by atoms with Gasteiger partial charge in [-0.2, -0.15) is 0 Å². The maximum absolute atomic E-state index is 12.1. The predicted molar refractivity (Wildman–Crippen MR) is 91.5 cm³/mol. The molecule has 1 fully saturated rings. The second-order valence-electron chi connectivity index (χ2n) is 6.24. The molecule has 1 aromatic carbocycles. The summed E-state index contributed by atoms with van der Waals surface area (Å²) in [5.74, 6) is 0.369. The zero-order valence-electron chi connectivity index (χ0n) is 13.0. The van der Waals surface area contributed by atoms with Crippen LogP contribution in [0.15, 0.2) is 28.7 Å². The van der Waals surface area contributed by atoms with Crippen molar-refractivity contribution in [2.24, 2.45) is 5.92 Å². The van der Waals surface area contributed by atoms with Gasteiger partial charge >= 0.3 is 0 Å². The monoisotopic (exact) mass is 387 g/mol. The van der Waals surface area contributed by atoms with Crippen LogP contribution in [0.3, 0.4) is 0 Å². The Morgan fingerprint density at radius 1 is 1.32 bits per heavy atom. The van der Waals surface area contributed by atoms with E-state index in [4.69, 9.17) is 0 Å². The first-order valence-corrected chi connectivity index (χ1v) is 10.0. The van der Waals surface area contributed by atoms with Gasteiger partial charge in [0.1, 0.15) is 0 Å². The summed E-state index contributed by atoms with van der Waals surface area (Å²) in [6.07, 6.45) is 1.08. The summed E-state index contributed by atoms with van der Waals surface area (Å²) in [5.41, 5.74) is 1.10. The Kier molecular flexibility index (Phi) is 5.66. The summed E-state index contributed by atoms with van der Waals surface area (Å²) < 4.78 is 25.1. The van der Waals surface area contributed by atoms with Gasteiger partial charge < -0.3 is 4.90 Å². The van der Waals surface area contributed by atoms with Crippen LogP contribution in [0.2, 0.25) is 0 Å². The van der Waals surface area contributed by atoms with Crippen LogP contribution >= 0.6 is 15.9 Å². The highest BCUT2D eigenvalue weighted by Crippen LogP contribution is 2.22. The van der Waals surface area contributed by atoms with Crippen LogP contribution in [0.5, 0.6) is 0 Å². The second-order valence-corrected chi connectivity index (χ2v) is 9.42. The van der Waals surface area contributed by atoms with Crippen molar-refractivity contribution in [2.75, 3.05) is 18.8 Å². The van der Waals surface area contributed by atoms with E-state index in [2.05, 4.69) is 15.9 Å². The van der Waals surface area contributed by atoms with Gasteiger partial charge in [0, 0.05) is 24.0 Å². The molecule has 4 nitrogen and oxygen atoms in total. The van der Waals surface area contributed by atoms with Gasteiger partial charge in [0.25, 0.3) is 0 Å². The van der Waals surface area contributed by atoms with Gasteiger partial charge in [-0.05, 0) is 24.0 Å². The van der Waals surface area contributed by atoms with E-state index >= 15 is 0 Å². The Bertz CT molecular complexity index is 637. The molecule has 1 aromatic rings. The zero-order valence-corrected chi connectivity index (χ0v) is 15.4. The number of aryl methyl sites for hydroxylation is 1. The number of sulfone groups is 1. The number of carbonyl (C=O) groups excluding carboxylic acids is 1. The van der Waals surface area contributed by atoms with E-state index in [-0.39, 0.29) is 22.8 Å². The average molecular weight is 388 g/mol. The summed E-state index contributed by atoms with van der Waals surface area (Å²) in [4.78, 5) is 13.8. The van der Waals surface area contributed by atoms with Gasteiger partial charge in [-0.25, -0.2) is 8.42 Å². The third-order valence-electron chi connectivity index (χ3n) is 3.84. The smallest absolute Gasteiger partial charge is 0.222 e. The normalized spacial score (nSPS) is 15.9. The zero-order chi connectivity index (χ0) is 16.3. The van der Waals surface area contributed by atoms with E-state index in [1.165, 1.54) is 0 Å². The van der Waals surface area contributed by atoms with Crippen LogP contribution in [-0.2, 0) is 21.1 Å². The lowest BCUT2D eigenvalue weighted by Crippen LogP contribution is -2.57. The highest BCUT2D eigenvalue weighted by atomic mass is 79.9. The molecule has 1 heterocycles. The lowest BCUT2D eigenvalue weighted by atomic mass is 10.1. The molecule has 6 heteroatoms. The maximum Gasteiger partial charge on any atom is 0.222 e. The maximum atomic E-state index is 12.1. The number of likely N-dealkylation sites (tertiary alicyclic amines) is 1. The number of hydrogen-bond donors (Lipinski definition) is 0. The number of hydrogen-bond acceptors (Lipinski definition) is 3. The van der Waals surface area contributed by atoms with Crippen molar-refractivity contribution in [1.82, 2.24) is 4.90 Å². The third-order valence-corrected chi connectivity index (χ3v) is 7.06. The highest BCUT2D eigenvalue weighted by molar-refractivity contribution is 9.10. The molecule has 0 atom stereocenters. The van der Waals surface area contributed by atoms with Crippen molar-refractivity contribution in [3.05, 3.63) is 34.3 Å². The quantitative estimate of drug-likeness (QED) is 0.753. The van der Waals surface area contributed by atoms with Crippen molar-refractivity contribution in [2.45, 2.75) is 31.9 Å². The molecule has 0 bridgehead atoms. The molecule has 122 valence electrons. The first-order chi connectivity index (χ1) is 10.3. The molecule has 0 spiro atoms. The third kappa shape index (κ3) is 4.32. The van der Waals surface area contributed by atoms with Gasteiger partial charge in [0.2, 0.25) is 5.91 Å². The Balaban J connectivity index is 1.81. The molecule has 0 aliphatic carbocycles. The van der Waals surface area contributed by atoms with Crippen LogP contribution in [-0.4, -0.2) is 43.3 Å². The summed E-state index contributed by atoms with van der Waals surface area (Å²) in [6.45, 7) is 4.50. The number of carbonyl (C=O) groups is 1. The van der Waals surface area contributed by atoms with E-state index < -0.39 is 9.84 Å². The van der Waals surface area contributed by atoms with Crippen molar-refractivity contribution in [3.8, 4) is 0 Å². The number of rotatable bonds is 6. The van der Waals surface area contributed by atoms with Crippen molar-refractivity contribution in [1.29, 1.82) is 0 Å². The van der Waals surface area contributed by atoms with E-state index in [0.717, 1.165) is 10.0 Å². The first-order valence-electron chi connectivity index (χ1n) is 7.52. The summed E-state index contributed by atoms with van der Waals surface area (Å²) >= 11 is 3.47. The fourth-order valence-corrected chi connectivity index (χ4v) is 5.07. The predicted octanol–water partition coefficient (Wildman–Crippen LogP) is 2.66. The molecule has 0 saturated carbocycles. The number of halogens is 1. The number of amides is 1. The fraction of sp³-hybridized carbons (Fsp3) is 0.562. The SMILES string of the molecule is CC(C)CS(=O)(=O)C1CN(C(=O)CCc2ccccc2Br)C1. The molecule has 0 radical (unpaired) electrons. The number of benzene rings is 1. The molecule has 1 amide bonds. The Morgan fingerprint density at radius 3 is 2.55 bits per heavy atom. The molecule has 0 unspecified atom stereocenters. The Hall–Kier alpha value is -0.880. The van der Waals surface area contributed by atoms with E-state index in [9.17, 15) is 13.2 Å². The molecule has 0 aromatic heterocycles. The van der Waals surface area contributed by atoms with Gasteiger partial charge in [-0.1, -0.05) is 48.0 Å². The minimum atomic E-state index is -3.06. The molecule has 1 aliphatic rings. The van der Waals surface area contributed by atoms with Gasteiger partial charge in [-0.15, -0.1) is 0 Å². The Morgan fingerprint density at radius 2 is 1.95 bits per heavy atom. The second kappa shape index (κ2) is 7.13. The molecule has 1 aliphatic heterocycles. The molecule has 2 rings (SSSR count). The summed E-state index contributed by atoms with van der Waals surface area (Å²) in [6, 6.07) is 7.83. The summed E-state index contributed by atoms with van der Waals surface area (Å²) in [7, 11) is -3.06. The van der Waals surface area contributed by atoms with Gasteiger partial charge in [-0.3, -0.25) is 4.79 Å². The van der Waals surface area contributed by atoms with Crippen LogP contribution < -0.4 is 0 Å². The molecule has 1 saturated heterocycles. The van der Waals surface area contributed by atoms with Gasteiger partial charge in [0.15, 0.2) is 9.84 Å². The van der Waals surface area contributed by atoms with Crippen molar-refractivity contribution < 1.29 is 13.2 Å². The lowest BCUT2D eigenvalue weighted by Gasteiger charge is -2.39. The topological polar surface area (TPSA) is 54.5 Å². The average Bonchev–Trinajstić information content (AvgIpc) is 2.33. The fourth-order valence-electron chi connectivity index (χ4n) is 2.57. The first kappa shape index (κ1) is 17.5. The molecule has 22 heavy (non-hydrogen) atoms. The number of nitrogens with zero attached hydrogens (tertiary/aromatic N) is 1. The van der Waals surface area contributed by atoms with E-state index in [1.54, 1.807) is 4.90 Å². The van der Waals surface area contributed by atoms with E-state index in [0.29, 0.717) is 25.9 Å². The van der Waals surface area contributed by atoms with Crippen molar-refractivity contribution >= 4 is 31.7 Å². The minimum Gasteiger partial charge on any atom is -0.340 e. The Labute approximate surface area is 140 Å². The molecule has 0 N–H and O–H groups in total. The lowest BCUT2D eigenvalue weighted by molar-refractivity contribution is -0.134. The largest absolute Gasteiger partial charge is 0.340 e. The van der Waals surface area contributed by atoms with E-state index in [1.807, 2.05) is 38.1 Å². The van der Waals surface area contributed by atoms with Crippen LogP contribution in [0.1, 0.15) is 25.8 Å². The highest BCUT2D eigenvalue weighted by Gasteiger charge is 2.39. The standard InChI is InChI=1S/C16H22BrNO3S/c1-12(2)11-22(20,21)14-9-18(10-14)16(19)8-7-13-5-3-4-6-15(13)17/h3-6,12,14H,7-11H2,1-2H3. The minimum absolute atomic E-state index is 0.0340. The van der Waals surface area contributed by atoms with Crippen LogP contribution in [0, 0.1) is 5.92 Å². The van der Waals surface area contributed by atoms with Crippen molar-refractivity contribution in [3.63, 3.8) is 0 Å². The van der Waals surface area contributed by atoms with Crippen LogP contribution in [0.25, 0.3) is 0 Å². The molecular weight excluding hydrogens is 366 g/mol.